The Balaban J connectivity index is 1.24. The third-order valence-corrected chi connectivity index (χ3v) is 10.0. The highest BCUT2D eigenvalue weighted by Gasteiger charge is 2.46. The number of methoxy groups -OCH3 is 2. The summed E-state index contributed by atoms with van der Waals surface area (Å²) >= 11 is 0. The van der Waals surface area contributed by atoms with Crippen LogP contribution in [0.1, 0.15) is 43.0 Å². The van der Waals surface area contributed by atoms with Crippen LogP contribution < -0.4 is 9.47 Å². The molecule has 0 N–H and O–H groups in total. The van der Waals surface area contributed by atoms with Gasteiger partial charge in [-0.05, 0) is 79.8 Å². The molecule has 1 amide bonds. The van der Waals surface area contributed by atoms with E-state index in [1.54, 1.807) is 20.4 Å². The fraction of sp³-hybridized carbons (Fsp3) is 0.412. The molecule has 3 aliphatic rings. The summed E-state index contributed by atoms with van der Waals surface area (Å²) in [7, 11) is 5.33. The highest BCUT2D eigenvalue weighted by atomic mass is 16.5. The summed E-state index contributed by atoms with van der Waals surface area (Å²) in [6.45, 7) is 4.02. The normalized spacial score (nSPS) is 21.3. The molecule has 5 heterocycles. The SMILES string of the molecule is COc1cncc(-c2ccc3cc(-c4nc5cc(C(=O)N6CC7CCC6[C@@H]7C)cc(OC)c5n4C)n(CC4CC4)c3n2)c1. The molecule has 3 fully saturated rings. The third kappa shape index (κ3) is 4.19. The molecule has 9 heteroatoms. The highest BCUT2D eigenvalue weighted by molar-refractivity contribution is 6.00. The number of benzene rings is 1. The standard InChI is InChI=1S/C34H36N6O3/c1-19-22-8-10-28(19)40(18-22)34(41)23-12-27-31(30(14-23)43-4)38(2)33(37-27)29-13-21-7-9-26(24-11-25(42-3)16-35-15-24)36-32(21)39(29)17-20-5-6-20/h7,9,11-16,19-20,22,28H,5-6,8,10,17-18H2,1-4H3/t19-,22?,28?/m1/s1. The molecule has 1 aliphatic heterocycles. The topological polar surface area (TPSA) is 87.3 Å². The monoisotopic (exact) mass is 576 g/mol. The molecule has 5 aromatic rings. The van der Waals surface area contributed by atoms with Crippen LogP contribution in [0, 0.1) is 17.8 Å². The molecule has 0 radical (unpaired) electrons. The number of piperidine rings is 1. The first-order chi connectivity index (χ1) is 20.9. The summed E-state index contributed by atoms with van der Waals surface area (Å²) in [6, 6.07) is 12.5. The van der Waals surface area contributed by atoms with Gasteiger partial charge in [0.1, 0.15) is 22.7 Å². The number of imidazole rings is 1. The van der Waals surface area contributed by atoms with E-state index in [0.717, 1.165) is 64.4 Å². The zero-order chi connectivity index (χ0) is 29.4. The predicted octanol–water partition coefficient (Wildman–Crippen LogP) is 5.95. The zero-order valence-electron chi connectivity index (χ0n) is 25.1. The molecule has 220 valence electrons. The summed E-state index contributed by atoms with van der Waals surface area (Å²) in [4.78, 5) is 30.4. The van der Waals surface area contributed by atoms with Crippen molar-refractivity contribution in [2.45, 2.75) is 45.2 Å². The van der Waals surface area contributed by atoms with E-state index >= 15 is 0 Å². The Bertz CT molecular complexity index is 1900. The molecule has 9 nitrogen and oxygen atoms in total. The van der Waals surface area contributed by atoms with E-state index in [0.29, 0.717) is 40.9 Å². The molecule has 2 bridgehead atoms. The van der Waals surface area contributed by atoms with E-state index in [2.05, 4.69) is 38.1 Å². The number of fused-ring (bicyclic) bond motifs is 4. The molecule has 4 aromatic heterocycles. The van der Waals surface area contributed by atoms with Crippen LogP contribution in [0.25, 0.3) is 44.8 Å². The lowest BCUT2D eigenvalue weighted by Gasteiger charge is -2.27. The maximum atomic E-state index is 13.8. The third-order valence-electron chi connectivity index (χ3n) is 10.0. The van der Waals surface area contributed by atoms with Crippen LogP contribution in [0.3, 0.4) is 0 Å². The van der Waals surface area contributed by atoms with Crippen molar-refractivity contribution in [1.82, 2.24) is 29.0 Å². The maximum absolute atomic E-state index is 13.8. The van der Waals surface area contributed by atoms with E-state index in [-0.39, 0.29) is 5.91 Å². The average Bonchev–Trinajstić information content (AvgIpc) is 3.44. The van der Waals surface area contributed by atoms with Gasteiger partial charge in [-0.3, -0.25) is 9.78 Å². The minimum Gasteiger partial charge on any atom is -0.495 e. The number of carbonyl (C=O) groups excluding carboxylic acids is 1. The largest absolute Gasteiger partial charge is 0.495 e. The Hall–Kier alpha value is -4.40. The number of rotatable bonds is 7. The van der Waals surface area contributed by atoms with Crippen molar-refractivity contribution >= 4 is 28.0 Å². The van der Waals surface area contributed by atoms with Gasteiger partial charge in [0.15, 0.2) is 5.82 Å². The molecule has 2 unspecified atom stereocenters. The molecule has 2 saturated carbocycles. The van der Waals surface area contributed by atoms with Crippen LogP contribution in [0.5, 0.6) is 11.5 Å². The van der Waals surface area contributed by atoms with E-state index in [4.69, 9.17) is 19.4 Å². The van der Waals surface area contributed by atoms with Crippen molar-refractivity contribution in [2.24, 2.45) is 24.8 Å². The molecule has 43 heavy (non-hydrogen) atoms. The molecule has 2 aliphatic carbocycles. The van der Waals surface area contributed by atoms with Gasteiger partial charge >= 0.3 is 0 Å². The molecule has 3 atom stereocenters. The number of pyridine rings is 2. The van der Waals surface area contributed by atoms with Gasteiger partial charge in [-0.15, -0.1) is 0 Å². The van der Waals surface area contributed by atoms with Gasteiger partial charge in [-0.1, -0.05) is 6.92 Å². The molecule has 8 rings (SSSR count). The van der Waals surface area contributed by atoms with Gasteiger partial charge in [0.2, 0.25) is 0 Å². The number of hydrogen-bond donors (Lipinski definition) is 0. The summed E-state index contributed by atoms with van der Waals surface area (Å²) in [5.41, 5.74) is 5.98. The lowest BCUT2D eigenvalue weighted by Crippen LogP contribution is -2.38. The summed E-state index contributed by atoms with van der Waals surface area (Å²) in [5, 5.41) is 1.06. The van der Waals surface area contributed by atoms with Crippen molar-refractivity contribution < 1.29 is 14.3 Å². The lowest BCUT2D eigenvalue weighted by molar-refractivity contribution is 0.0696. The second kappa shape index (κ2) is 9.82. The fourth-order valence-corrected chi connectivity index (χ4v) is 7.42. The first kappa shape index (κ1) is 26.2. The fourth-order valence-electron chi connectivity index (χ4n) is 7.42. The van der Waals surface area contributed by atoms with Gasteiger partial charge in [0.05, 0.1) is 37.3 Å². The molecule has 0 spiro atoms. The lowest BCUT2D eigenvalue weighted by atomic mass is 10.0. The van der Waals surface area contributed by atoms with Gasteiger partial charge in [0.25, 0.3) is 5.91 Å². The Labute approximate surface area is 250 Å². The number of likely N-dealkylation sites (tertiary alicyclic amines) is 1. The van der Waals surface area contributed by atoms with Crippen LogP contribution in [0.4, 0.5) is 0 Å². The number of aryl methyl sites for hydroxylation is 1. The van der Waals surface area contributed by atoms with E-state index in [9.17, 15) is 4.79 Å². The molecular formula is C34H36N6O3. The first-order valence-electron chi connectivity index (χ1n) is 15.3. The Morgan fingerprint density at radius 1 is 1.00 bits per heavy atom. The second-order valence-electron chi connectivity index (χ2n) is 12.6. The average molecular weight is 577 g/mol. The number of hydrogen-bond acceptors (Lipinski definition) is 6. The van der Waals surface area contributed by atoms with Crippen molar-refractivity contribution in [3.05, 3.63) is 54.4 Å². The van der Waals surface area contributed by atoms with Crippen LogP contribution in [0.15, 0.2) is 48.8 Å². The van der Waals surface area contributed by atoms with Crippen LogP contribution in [-0.4, -0.2) is 61.7 Å². The Morgan fingerprint density at radius 3 is 2.58 bits per heavy atom. The predicted molar refractivity (Wildman–Crippen MR) is 165 cm³/mol. The first-order valence-corrected chi connectivity index (χ1v) is 15.3. The summed E-state index contributed by atoms with van der Waals surface area (Å²) in [5.74, 6) is 4.09. The van der Waals surface area contributed by atoms with Crippen molar-refractivity contribution in [3.63, 3.8) is 0 Å². The highest BCUT2D eigenvalue weighted by Crippen LogP contribution is 2.44. The number of nitrogens with zero attached hydrogens (tertiary/aromatic N) is 6. The number of carbonyl (C=O) groups is 1. The van der Waals surface area contributed by atoms with Crippen molar-refractivity contribution in [2.75, 3.05) is 20.8 Å². The number of ether oxygens (including phenoxy) is 2. The van der Waals surface area contributed by atoms with Crippen LogP contribution in [-0.2, 0) is 13.6 Å². The van der Waals surface area contributed by atoms with Gasteiger partial charge in [-0.2, -0.15) is 0 Å². The minimum absolute atomic E-state index is 0.0815. The van der Waals surface area contributed by atoms with Gasteiger partial charge in [0, 0.05) is 48.9 Å². The minimum atomic E-state index is 0.0815. The maximum Gasteiger partial charge on any atom is 0.254 e. The zero-order valence-corrected chi connectivity index (χ0v) is 25.1. The van der Waals surface area contributed by atoms with Crippen molar-refractivity contribution in [3.8, 4) is 34.3 Å². The Morgan fingerprint density at radius 2 is 1.86 bits per heavy atom. The van der Waals surface area contributed by atoms with Crippen LogP contribution in [0.2, 0.25) is 0 Å². The van der Waals surface area contributed by atoms with Crippen molar-refractivity contribution in [1.29, 1.82) is 0 Å². The number of amides is 1. The molecule has 1 aromatic carbocycles. The van der Waals surface area contributed by atoms with E-state index in [1.165, 1.54) is 19.3 Å². The van der Waals surface area contributed by atoms with Crippen LogP contribution >= 0.6 is 0 Å². The summed E-state index contributed by atoms with van der Waals surface area (Å²) < 4.78 is 15.7. The van der Waals surface area contributed by atoms with E-state index in [1.807, 2.05) is 37.5 Å². The number of aromatic nitrogens is 5. The van der Waals surface area contributed by atoms with Gasteiger partial charge < -0.3 is 23.5 Å². The molecule has 1 saturated heterocycles. The second-order valence-corrected chi connectivity index (χ2v) is 12.6. The van der Waals surface area contributed by atoms with E-state index < -0.39 is 0 Å². The molecular weight excluding hydrogens is 540 g/mol. The summed E-state index contributed by atoms with van der Waals surface area (Å²) in [6.07, 6.45) is 8.28. The van der Waals surface area contributed by atoms with Gasteiger partial charge in [-0.25, -0.2) is 9.97 Å². The smallest absolute Gasteiger partial charge is 0.254 e. The quantitative estimate of drug-likeness (QED) is 0.238. The Kier molecular flexibility index (Phi) is 6.00.